The molecule has 19 heavy (non-hydrogen) atoms. The quantitative estimate of drug-likeness (QED) is 0.802. The fraction of sp³-hybridized carbons (Fsp3) is 0.143. The smallest absolute Gasteiger partial charge is 0.253 e. The van der Waals surface area contributed by atoms with Crippen molar-refractivity contribution in [2.24, 2.45) is 0 Å². The molecule has 0 spiro atoms. The lowest BCUT2D eigenvalue weighted by Gasteiger charge is -2.05. The number of carbonyl (C=O) groups is 1. The molecule has 96 valence electrons. The van der Waals surface area contributed by atoms with Crippen LogP contribution in [0.3, 0.4) is 0 Å². The van der Waals surface area contributed by atoms with E-state index in [0.29, 0.717) is 23.4 Å². The molecule has 0 bridgehead atoms. The van der Waals surface area contributed by atoms with Crippen LogP contribution in [0.15, 0.2) is 41.3 Å². The van der Waals surface area contributed by atoms with Crippen molar-refractivity contribution in [1.82, 2.24) is 10.3 Å². The van der Waals surface area contributed by atoms with Crippen LogP contribution in [-0.4, -0.2) is 22.6 Å². The summed E-state index contributed by atoms with van der Waals surface area (Å²) in [4.78, 5) is 15.9. The maximum absolute atomic E-state index is 12.0. The maximum Gasteiger partial charge on any atom is 0.253 e. The number of carbonyl (C=O) groups excluding carboxylic acids is 1. The van der Waals surface area contributed by atoms with Gasteiger partial charge in [-0.2, -0.15) is 0 Å². The molecule has 0 aliphatic rings. The van der Waals surface area contributed by atoms with Crippen LogP contribution in [0.25, 0.3) is 0 Å². The Labute approximate surface area is 110 Å². The summed E-state index contributed by atoms with van der Waals surface area (Å²) in [7, 11) is 0. The molecule has 5 nitrogen and oxygen atoms in total. The number of aliphatic hydroxyl groups is 1. The Morgan fingerprint density at radius 1 is 1.47 bits per heavy atom. The van der Waals surface area contributed by atoms with E-state index in [9.17, 15) is 4.79 Å². The van der Waals surface area contributed by atoms with Crippen LogP contribution in [0.1, 0.15) is 21.7 Å². The van der Waals surface area contributed by atoms with E-state index < -0.39 is 0 Å². The molecule has 2 N–H and O–H groups in total. The highest BCUT2D eigenvalue weighted by molar-refractivity contribution is 5.96. The molecule has 2 heterocycles. The van der Waals surface area contributed by atoms with Crippen LogP contribution in [0.5, 0.6) is 0 Å². The Kier molecular flexibility index (Phi) is 4.32. The van der Waals surface area contributed by atoms with Gasteiger partial charge in [0, 0.05) is 12.4 Å². The molecule has 0 unspecified atom stereocenters. The first kappa shape index (κ1) is 12.9. The molecule has 5 heteroatoms. The predicted octanol–water partition coefficient (Wildman–Crippen LogP) is 0.948. The Morgan fingerprint density at radius 2 is 2.37 bits per heavy atom. The second-order valence-electron chi connectivity index (χ2n) is 3.64. The maximum atomic E-state index is 12.0. The first-order valence-corrected chi connectivity index (χ1v) is 5.65. The van der Waals surface area contributed by atoms with Crippen LogP contribution in [-0.2, 0) is 6.54 Å². The van der Waals surface area contributed by atoms with Gasteiger partial charge in [-0.25, -0.2) is 0 Å². The molecular weight excluding hydrogens is 244 g/mol. The minimum absolute atomic E-state index is 0.262. The second-order valence-corrected chi connectivity index (χ2v) is 3.64. The molecule has 0 aliphatic carbocycles. The minimum Gasteiger partial charge on any atom is -0.467 e. The Hall–Kier alpha value is -2.58. The highest BCUT2D eigenvalue weighted by atomic mass is 16.3. The summed E-state index contributed by atoms with van der Waals surface area (Å²) in [6, 6.07) is 5.12. The van der Waals surface area contributed by atoms with Crippen LogP contribution in [0, 0.1) is 11.8 Å². The second kappa shape index (κ2) is 6.38. The van der Waals surface area contributed by atoms with Crippen molar-refractivity contribution < 1.29 is 14.3 Å². The number of furan rings is 1. The molecule has 2 aromatic heterocycles. The van der Waals surface area contributed by atoms with Gasteiger partial charge in [0.1, 0.15) is 12.4 Å². The van der Waals surface area contributed by atoms with Gasteiger partial charge in [0.15, 0.2) is 0 Å². The van der Waals surface area contributed by atoms with Gasteiger partial charge in [0.25, 0.3) is 5.91 Å². The van der Waals surface area contributed by atoms with E-state index >= 15 is 0 Å². The van der Waals surface area contributed by atoms with E-state index in [0.717, 1.165) is 0 Å². The van der Waals surface area contributed by atoms with E-state index in [-0.39, 0.29) is 12.5 Å². The molecule has 1 amide bonds. The SMILES string of the molecule is O=C(NCc1ccco1)c1ccncc1C#CCO. The summed E-state index contributed by atoms with van der Waals surface area (Å²) in [5.41, 5.74) is 0.899. The van der Waals surface area contributed by atoms with Crippen molar-refractivity contribution in [3.8, 4) is 11.8 Å². The van der Waals surface area contributed by atoms with Crippen LogP contribution >= 0.6 is 0 Å². The van der Waals surface area contributed by atoms with Crippen LogP contribution in [0.2, 0.25) is 0 Å². The first-order valence-electron chi connectivity index (χ1n) is 5.65. The summed E-state index contributed by atoms with van der Waals surface area (Å²) in [6.45, 7) is 0.0450. The van der Waals surface area contributed by atoms with Gasteiger partial charge in [-0.15, -0.1) is 0 Å². The van der Waals surface area contributed by atoms with Crippen LogP contribution in [0.4, 0.5) is 0 Å². The zero-order valence-electron chi connectivity index (χ0n) is 10.1. The van der Waals surface area contributed by atoms with Crippen LogP contribution < -0.4 is 5.32 Å². The average Bonchev–Trinajstić information content (AvgIpc) is 2.96. The summed E-state index contributed by atoms with van der Waals surface area (Å²) in [6.07, 6.45) is 4.56. The molecule has 0 radical (unpaired) electrons. The number of rotatable bonds is 3. The van der Waals surface area contributed by atoms with E-state index in [1.54, 1.807) is 24.5 Å². The molecule has 0 fully saturated rings. The Morgan fingerprint density at radius 3 is 3.11 bits per heavy atom. The lowest BCUT2D eigenvalue weighted by atomic mass is 10.1. The zero-order valence-corrected chi connectivity index (χ0v) is 10.1. The largest absolute Gasteiger partial charge is 0.467 e. The molecule has 0 saturated heterocycles. The fourth-order valence-corrected chi connectivity index (χ4v) is 1.50. The summed E-state index contributed by atoms with van der Waals surface area (Å²) >= 11 is 0. The number of hydrogen-bond donors (Lipinski definition) is 2. The zero-order chi connectivity index (χ0) is 13.5. The summed E-state index contributed by atoms with van der Waals surface area (Å²) in [5.74, 6) is 5.60. The molecule has 0 aliphatic heterocycles. The highest BCUT2D eigenvalue weighted by Crippen LogP contribution is 2.06. The number of hydrogen-bond acceptors (Lipinski definition) is 4. The van der Waals surface area contributed by atoms with Crippen molar-refractivity contribution in [3.63, 3.8) is 0 Å². The number of amides is 1. The topological polar surface area (TPSA) is 75.4 Å². The minimum atomic E-state index is -0.263. The Balaban J connectivity index is 2.10. The molecule has 2 aromatic rings. The molecule has 0 aromatic carbocycles. The normalized spacial score (nSPS) is 9.53. The molecular formula is C14H12N2O3. The van der Waals surface area contributed by atoms with Crippen molar-refractivity contribution in [2.45, 2.75) is 6.54 Å². The summed E-state index contributed by atoms with van der Waals surface area (Å²) in [5, 5.41) is 11.4. The molecule has 2 rings (SSSR count). The number of nitrogens with one attached hydrogen (secondary N) is 1. The van der Waals surface area contributed by atoms with Gasteiger partial charge < -0.3 is 14.8 Å². The van der Waals surface area contributed by atoms with Gasteiger partial charge in [-0.05, 0) is 18.2 Å². The third-order valence-corrected chi connectivity index (χ3v) is 2.37. The van der Waals surface area contributed by atoms with E-state index in [2.05, 4.69) is 22.1 Å². The van der Waals surface area contributed by atoms with Crippen molar-refractivity contribution in [2.75, 3.05) is 6.61 Å². The summed E-state index contributed by atoms with van der Waals surface area (Å²) < 4.78 is 5.13. The molecule has 0 atom stereocenters. The van der Waals surface area contributed by atoms with Crippen molar-refractivity contribution in [3.05, 3.63) is 53.7 Å². The van der Waals surface area contributed by atoms with E-state index in [4.69, 9.17) is 9.52 Å². The predicted molar refractivity (Wildman–Crippen MR) is 68.1 cm³/mol. The van der Waals surface area contributed by atoms with Gasteiger partial charge >= 0.3 is 0 Å². The lowest BCUT2D eigenvalue weighted by Crippen LogP contribution is -2.23. The number of pyridine rings is 1. The van der Waals surface area contributed by atoms with Gasteiger partial charge in [0.05, 0.1) is 23.9 Å². The first-order chi connectivity index (χ1) is 9.31. The van der Waals surface area contributed by atoms with E-state index in [1.165, 1.54) is 12.4 Å². The standard InChI is InChI=1S/C14H12N2O3/c17-7-1-3-11-9-15-6-5-13(11)14(18)16-10-12-4-2-8-19-12/h2,4-6,8-9,17H,7,10H2,(H,16,18). The highest BCUT2D eigenvalue weighted by Gasteiger charge is 2.10. The molecule has 0 saturated carbocycles. The van der Waals surface area contributed by atoms with Crippen molar-refractivity contribution in [1.29, 1.82) is 0 Å². The lowest BCUT2D eigenvalue weighted by molar-refractivity contribution is 0.0947. The van der Waals surface area contributed by atoms with Gasteiger partial charge in [-0.1, -0.05) is 11.8 Å². The number of nitrogens with zero attached hydrogens (tertiary/aromatic N) is 1. The number of aromatic nitrogens is 1. The van der Waals surface area contributed by atoms with Gasteiger partial charge in [-0.3, -0.25) is 9.78 Å². The third-order valence-electron chi connectivity index (χ3n) is 2.37. The third kappa shape index (κ3) is 3.44. The monoisotopic (exact) mass is 256 g/mol. The van der Waals surface area contributed by atoms with Crippen molar-refractivity contribution >= 4 is 5.91 Å². The Bertz CT molecular complexity index is 609. The average molecular weight is 256 g/mol. The fourth-order valence-electron chi connectivity index (χ4n) is 1.50. The number of aliphatic hydroxyl groups excluding tert-OH is 1. The van der Waals surface area contributed by atoms with Gasteiger partial charge in [0.2, 0.25) is 0 Å². The van der Waals surface area contributed by atoms with E-state index in [1.807, 2.05) is 0 Å².